The van der Waals surface area contributed by atoms with E-state index >= 15 is 0 Å². The zero-order valence-corrected chi connectivity index (χ0v) is 12.2. The molecule has 0 aliphatic carbocycles. The van der Waals surface area contributed by atoms with Crippen LogP contribution in [-0.4, -0.2) is 13.0 Å². The van der Waals surface area contributed by atoms with Crippen LogP contribution in [0.25, 0.3) is 11.0 Å². The van der Waals surface area contributed by atoms with Crippen LogP contribution in [-0.2, 0) is 0 Å². The van der Waals surface area contributed by atoms with Crippen molar-refractivity contribution in [2.45, 2.75) is 0 Å². The van der Waals surface area contributed by atoms with Crippen molar-refractivity contribution in [3.8, 4) is 5.75 Å². The van der Waals surface area contributed by atoms with Crippen molar-refractivity contribution >= 4 is 22.6 Å². The van der Waals surface area contributed by atoms with E-state index in [-0.39, 0.29) is 16.9 Å². The number of benzene rings is 2. The molecular formula is C17H13FN2O3. The predicted octanol–water partition coefficient (Wildman–Crippen LogP) is 2.91. The van der Waals surface area contributed by atoms with Crippen LogP contribution in [0.1, 0.15) is 10.4 Å². The lowest BCUT2D eigenvalue weighted by Gasteiger charge is -2.06. The normalized spacial score (nSPS) is 11.7. The summed E-state index contributed by atoms with van der Waals surface area (Å²) in [6.07, 6.45) is 0. The summed E-state index contributed by atoms with van der Waals surface area (Å²) >= 11 is 0. The van der Waals surface area contributed by atoms with E-state index in [1.807, 2.05) is 0 Å². The topological polar surface area (TPSA) is 77.8 Å². The number of methoxy groups -OCH3 is 1. The number of rotatable bonds is 3. The van der Waals surface area contributed by atoms with Crippen molar-refractivity contribution in [1.29, 1.82) is 0 Å². The maximum Gasteiger partial charge on any atom is 0.254 e. The van der Waals surface area contributed by atoms with Crippen molar-refractivity contribution in [3.05, 3.63) is 65.5 Å². The maximum absolute atomic E-state index is 13.0. The molecule has 23 heavy (non-hydrogen) atoms. The van der Waals surface area contributed by atoms with Crippen LogP contribution in [0.4, 0.5) is 10.1 Å². The number of halogens is 1. The van der Waals surface area contributed by atoms with Gasteiger partial charge in [-0.15, -0.1) is 0 Å². The van der Waals surface area contributed by atoms with Crippen molar-refractivity contribution in [1.82, 2.24) is 0 Å². The average Bonchev–Trinajstić information content (AvgIpc) is 2.55. The minimum Gasteiger partial charge on any atom is -0.493 e. The lowest BCUT2D eigenvalue weighted by molar-refractivity contribution is 0.0996. The van der Waals surface area contributed by atoms with Gasteiger partial charge in [0.1, 0.15) is 11.4 Å². The predicted molar refractivity (Wildman–Crippen MR) is 82.9 cm³/mol. The number of fused-ring (bicyclic) bond motifs is 1. The number of carbonyl (C=O) groups excluding carboxylic acids is 1. The molecule has 0 atom stereocenters. The van der Waals surface area contributed by atoms with Gasteiger partial charge >= 0.3 is 0 Å². The van der Waals surface area contributed by atoms with Crippen LogP contribution in [0, 0.1) is 5.82 Å². The molecular weight excluding hydrogens is 299 g/mol. The first kappa shape index (κ1) is 14.8. The number of hydrogen-bond donors (Lipinski definition) is 1. The fourth-order valence-electron chi connectivity index (χ4n) is 2.18. The molecule has 0 unspecified atom stereocenters. The third-order valence-electron chi connectivity index (χ3n) is 3.28. The SMILES string of the molecule is COc1cccc2cc(C(N)=O)c(=Nc3ccc(F)cc3)oc12. The third kappa shape index (κ3) is 2.91. The number of nitrogens with two attached hydrogens (primary N) is 1. The molecule has 0 spiro atoms. The molecule has 0 aliphatic rings. The summed E-state index contributed by atoms with van der Waals surface area (Å²) in [7, 11) is 1.52. The molecule has 0 saturated carbocycles. The second-order valence-electron chi connectivity index (χ2n) is 4.80. The van der Waals surface area contributed by atoms with Gasteiger partial charge in [-0.2, -0.15) is 0 Å². The summed E-state index contributed by atoms with van der Waals surface area (Å²) in [5.41, 5.74) is 6.46. The van der Waals surface area contributed by atoms with Gasteiger partial charge < -0.3 is 14.9 Å². The van der Waals surface area contributed by atoms with Gasteiger partial charge in [-0.25, -0.2) is 9.38 Å². The maximum atomic E-state index is 13.0. The molecule has 5 nitrogen and oxygen atoms in total. The number of amides is 1. The second-order valence-corrected chi connectivity index (χ2v) is 4.80. The van der Waals surface area contributed by atoms with Gasteiger partial charge in [0.05, 0.1) is 12.8 Å². The Kier molecular flexibility index (Phi) is 3.80. The summed E-state index contributed by atoms with van der Waals surface area (Å²) in [6, 6.07) is 12.4. The Hall–Kier alpha value is -3.15. The van der Waals surface area contributed by atoms with E-state index in [1.165, 1.54) is 31.4 Å². The molecule has 1 heterocycles. The average molecular weight is 312 g/mol. The zero-order chi connectivity index (χ0) is 16.4. The summed E-state index contributed by atoms with van der Waals surface area (Å²) in [4.78, 5) is 15.9. The Balaban J connectivity index is 2.30. The van der Waals surface area contributed by atoms with E-state index in [1.54, 1.807) is 24.3 Å². The Morgan fingerprint density at radius 3 is 2.61 bits per heavy atom. The first-order chi connectivity index (χ1) is 11.1. The summed E-state index contributed by atoms with van der Waals surface area (Å²) in [5.74, 6) is -0.537. The highest BCUT2D eigenvalue weighted by Crippen LogP contribution is 2.24. The second kappa shape index (κ2) is 5.92. The molecule has 0 saturated heterocycles. The molecule has 0 radical (unpaired) electrons. The molecule has 116 valence electrons. The minimum absolute atomic E-state index is 0.0427. The van der Waals surface area contributed by atoms with Gasteiger partial charge in [0.25, 0.3) is 5.91 Å². The van der Waals surface area contributed by atoms with Gasteiger partial charge in [0.2, 0.25) is 5.55 Å². The smallest absolute Gasteiger partial charge is 0.254 e. The number of primary amides is 1. The van der Waals surface area contributed by atoms with Crippen LogP contribution < -0.4 is 16.0 Å². The highest BCUT2D eigenvalue weighted by Gasteiger charge is 2.12. The molecule has 2 N–H and O–H groups in total. The van der Waals surface area contributed by atoms with Gasteiger partial charge in [0.15, 0.2) is 11.3 Å². The van der Waals surface area contributed by atoms with Gasteiger partial charge in [-0.1, -0.05) is 12.1 Å². The monoisotopic (exact) mass is 312 g/mol. The van der Waals surface area contributed by atoms with E-state index in [2.05, 4.69) is 4.99 Å². The largest absolute Gasteiger partial charge is 0.493 e. The lowest BCUT2D eigenvalue weighted by atomic mass is 10.1. The van der Waals surface area contributed by atoms with Crippen LogP contribution >= 0.6 is 0 Å². The number of para-hydroxylation sites is 1. The summed E-state index contributed by atoms with van der Waals surface area (Å²) in [5, 5.41) is 0.663. The van der Waals surface area contributed by atoms with Crippen molar-refractivity contribution < 1.29 is 18.3 Å². The molecule has 1 amide bonds. The lowest BCUT2D eigenvalue weighted by Crippen LogP contribution is -2.21. The Morgan fingerprint density at radius 2 is 1.96 bits per heavy atom. The minimum atomic E-state index is -0.667. The van der Waals surface area contributed by atoms with E-state index in [4.69, 9.17) is 14.9 Å². The summed E-state index contributed by atoms with van der Waals surface area (Å²) in [6.45, 7) is 0. The molecule has 6 heteroatoms. The van der Waals surface area contributed by atoms with Gasteiger partial charge in [-0.3, -0.25) is 4.79 Å². The van der Waals surface area contributed by atoms with E-state index in [0.717, 1.165) is 0 Å². The van der Waals surface area contributed by atoms with Crippen LogP contribution in [0.2, 0.25) is 0 Å². The summed E-state index contributed by atoms with van der Waals surface area (Å²) < 4.78 is 24.0. The quantitative estimate of drug-likeness (QED) is 0.807. The Morgan fingerprint density at radius 1 is 1.22 bits per heavy atom. The van der Waals surface area contributed by atoms with Gasteiger partial charge in [0, 0.05) is 5.39 Å². The first-order valence-electron chi connectivity index (χ1n) is 6.79. The molecule has 0 bridgehead atoms. The fourth-order valence-corrected chi connectivity index (χ4v) is 2.18. The van der Waals surface area contributed by atoms with Crippen LogP contribution in [0.15, 0.2) is 57.9 Å². The van der Waals surface area contributed by atoms with Crippen LogP contribution in [0.5, 0.6) is 5.75 Å². The van der Waals surface area contributed by atoms with E-state index in [9.17, 15) is 9.18 Å². The molecule has 3 aromatic rings. The van der Waals surface area contributed by atoms with Crippen molar-refractivity contribution in [3.63, 3.8) is 0 Å². The Labute approximate surface area is 130 Å². The van der Waals surface area contributed by atoms with Crippen molar-refractivity contribution in [2.24, 2.45) is 10.7 Å². The first-order valence-corrected chi connectivity index (χ1v) is 6.79. The van der Waals surface area contributed by atoms with Crippen LogP contribution in [0.3, 0.4) is 0 Å². The number of hydrogen-bond acceptors (Lipinski definition) is 4. The molecule has 0 fully saturated rings. The number of carbonyl (C=O) groups is 1. The standard InChI is InChI=1S/C17H13FN2O3/c1-22-14-4-2-3-10-9-13(16(19)21)17(23-15(10)14)20-12-7-5-11(18)6-8-12/h2-9H,1H3,(H2,19,21). The van der Waals surface area contributed by atoms with Crippen molar-refractivity contribution in [2.75, 3.05) is 7.11 Å². The highest BCUT2D eigenvalue weighted by atomic mass is 19.1. The van der Waals surface area contributed by atoms with E-state index in [0.29, 0.717) is 22.4 Å². The fraction of sp³-hybridized carbons (Fsp3) is 0.0588. The third-order valence-corrected chi connectivity index (χ3v) is 3.28. The Bertz CT molecular complexity index is 946. The van der Waals surface area contributed by atoms with E-state index < -0.39 is 5.91 Å². The number of ether oxygens (including phenoxy) is 1. The molecule has 0 aliphatic heterocycles. The highest BCUT2D eigenvalue weighted by molar-refractivity contribution is 5.96. The number of nitrogens with zero attached hydrogens (tertiary/aromatic N) is 1. The molecule has 1 aromatic heterocycles. The molecule has 2 aromatic carbocycles. The zero-order valence-electron chi connectivity index (χ0n) is 12.2. The van der Waals surface area contributed by atoms with Gasteiger partial charge in [-0.05, 0) is 36.4 Å². The molecule has 3 rings (SSSR count).